The summed E-state index contributed by atoms with van der Waals surface area (Å²) in [6.45, 7) is 3.75. The van der Waals surface area contributed by atoms with Crippen LogP contribution < -0.4 is 5.32 Å². The van der Waals surface area contributed by atoms with Gasteiger partial charge in [0.2, 0.25) is 11.7 Å². The lowest BCUT2D eigenvalue weighted by atomic mass is 9.86. The monoisotopic (exact) mass is 563 g/mol. The fourth-order valence-corrected chi connectivity index (χ4v) is 3.71. The molecule has 1 aromatic carbocycles. The Morgan fingerprint density at radius 1 is 1.13 bits per heavy atom. The number of hydrogen-bond acceptors (Lipinski definition) is 6. The van der Waals surface area contributed by atoms with E-state index in [0.29, 0.717) is 0 Å². The van der Waals surface area contributed by atoms with Crippen molar-refractivity contribution in [3.63, 3.8) is 0 Å². The normalized spacial score (nSPS) is 13.1. The average Bonchev–Trinajstić information content (AvgIpc) is 3.45. The first-order valence-electron chi connectivity index (χ1n) is 11.2. The number of alkyl halides is 4. The van der Waals surface area contributed by atoms with Crippen molar-refractivity contribution in [1.29, 1.82) is 0 Å². The number of carbonyl (C=O) groups is 2. The van der Waals surface area contributed by atoms with Gasteiger partial charge in [-0.3, -0.25) is 9.59 Å². The van der Waals surface area contributed by atoms with E-state index < -0.39 is 82.7 Å². The van der Waals surface area contributed by atoms with Crippen molar-refractivity contribution in [3.05, 3.63) is 52.1 Å². The fraction of sp³-hybridized carbons (Fsp3) is 0.417. The van der Waals surface area contributed by atoms with Gasteiger partial charge in [-0.2, -0.15) is 8.78 Å². The van der Waals surface area contributed by atoms with Crippen molar-refractivity contribution in [3.8, 4) is 11.5 Å². The summed E-state index contributed by atoms with van der Waals surface area (Å²) >= 11 is 5.69. The lowest BCUT2D eigenvalue weighted by Crippen LogP contribution is -2.30. The molecular formula is C24H23ClF5N3O5. The molecule has 0 unspecified atom stereocenters. The number of anilines is 1. The second kappa shape index (κ2) is 11.1. The van der Waals surface area contributed by atoms with Crippen LogP contribution in [0.25, 0.3) is 11.5 Å². The number of halogens is 6. The van der Waals surface area contributed by atoms with E-state index in [1.54, 1.807) is 0 Å². The molecule has 0 bridgehead atoms. The molecule has 206 valence electrons. The van der Waals surface area contributed by atoms with Crippen LogP contribution in [0.2, 0.25) is 5.02 Å². The Labute approximate surface area is 218 Å². The minimum atomic E-state index is -3.51. The summed E-state index contributed by atoms with van der Waals surface area (Å²) in [6.07, 6.45) is -4.68. The van der Waals surface area contributed by atoms with E-state index in [2.05, 4.69) is 15.6 Å². The van der Waals surface area contributed by atoms with Gasteiger partial charge in [-0.25, -0.2) is 13.2 Å². The summed E-state index contributed by atoms with van der Waals surface area (Å²) in [5.74, 6) is -9.23. The number of hydrogen-bond donors (Lipinski definition) is 2. The Morgan fingerprint density at radius 3 is 2.39 bits per heavy atom. The molecule has 14 heteroatoms. The first-order valence-corrected chi connectivity index (χ1v) is 11.6. The predicted molar refractivity (Wildman–Crippen MR) is 125 cm³/mol. The number of carboxylic acid groups (broad SMARTS) is 1. The average molecular weight is 564 g/mol. The number of aromatic nitrogens is 2. The van der Waals surface area contributed by atoms with Gasteiger partial charge in [0.25, 0.3) is 6.43 Å². The van der Waals surface area contributed by atoms with Crippen LogP contribution in [0.5, 0.6) is 0 Å². The Hall–Kier alpha value is -3.48. The number of rotatable bonds is 10. The number of nitrogens with one attached hydrogen (secondary N) is 1. The van der Waals surface area contributed by atoms with Crippen LogP contribution in [0.15, 0.2) is 33.3 Å². The summed E-state index contributed by atoms with van der Waals surface area (Å²) < 4.78 is 81.5. The van der Waals surface area contributed by atoms with Gasteiger partial charge >= 0.3 is 11.9 Å². The zero-order valence-corrected chi connectivity index (χ0v) is 21.1. The zero-order valence-electron chi connectivity index (χ0n) is 20.3. The summed E-state index contributed by atoms with van der Waals surface area (Å²) in [5, 5.41) is 18.5. The van der Waals surface area contributed by atoms with Crippen LogP contribution in [0.4, 0.5) is 27.6 Å². The molecule has 3 rings (SSSR count). The minimum Gasteiger partial charge on any atom is -0.481 e. The second-order valence-corrected chi connectivity index (χ2v) is 9.95. The Bertz CT molecular complexity index is 1320. The molecule has 0 aliphatic rings. The summed E-state index contributed by atoms with van der Waals surface area (Å²) in [5.41, 5.74) is -3.62. The van der Waals surface area contributed by atoms with E-state index >= 15 is 0 Å². The summed E-state index contributed by atoms with van der Waals surface area (Å²) in [4.78, 5) is 23.8. The van der Waals surface area contributed by atoms with E-state index in [0.717, 1.165) is 12.1 Å². The van der Waals surface area contributed by atoms with Crippen LogP contribution >= 0.6 is 11.6 Å². The highest BCUT2D eigenvalue weighted by Gasteiger charge is 2.48. The molecule has 0 aliphatic heterocycles. The van der Waals surface area contributed by atoms with Crippen LogP contribution in [0.1, 0.15) is 69.4 Å². The molecule has 0 saturated carbocycles. The third-order valence-corrected chi connectivity index (χ3v) is 5.93. The zero-order chi connectivity index (χ0) is 28.4. The quantitative estimate of drug-likeness (QED) is 0.251. The summed E-state index contributed by atoms with van der Waals surface area (Å²) in [7, 11) is 0. The predicted octanol–water partition coefficient (Wildman–Crippen LogP) is 7.17. The van der Waals surface area contributed by atoms with Gasteiger partial charge in [-0.15, -0.1) is 0 Å². The SMILES string of the molecule is CC(C)(C)C(F)(F)c1cc(-c2onc([C@@H](CCC(=O)O)CC(=O)Nc3ccc(Cl)cc3F)c2C(F)F)no1. The van der Waals surface area contributed by atoms with Crippen molar-refractivity contribution in [2.45, 2.75) is 58.3 Å². The standard InChI is InChI=1S/C24H23ClF5N3O5/c1-23(2,3)24(29,30)16-10-15(32-37-16)21-19(22(27)28)20(33-38-21)11(4-7-18(35)36)8-17(34)31-14-6-5-12(25)9-13(14)26/h5-6,9-11,22H,4,7-8H2,1-3H3,(H,31,34)(H,35,36)/t11-/m0/s1. The number of amides is 1. The van der Waals surface area contributed by atoms with Crippen molar-refractivity contribution >= 4 is 29.2 Å². The number of aliphatic carboxylic acids is 1. The number of carbonyl (C=O) groups excluding carboxylic acids is 1. The van der Waals surface area contributed by atoms with Gasteiger partial charge in [-0.1, -0.05) is 42.7 Å². The maximum absolute atomic E-state index is 14.7. The molecule has 2 heterocycles. The molecule has 0 aliphatic carbocycles. The van der Waals surface area contributed by atoms with E-state index in [4.69, 9.17) is 25.8 Å². The molecule has 0 spiro atoms. The van der Waals surface area contributed by atoms with Crippen molar-refractivity contribution in [2.24, 2.45) is 5.41 Å². The van der Waals surface area contributed by atoms with Crippen molar-refractivity contribution in [2.75, 3.05) is 5.32 Å². The van der Waals surface area contributed by atoms with Gasteiger partial charge in [0.15, 0.2) is 11.5 Å². The number of nitrogens with zero attached hydrogens (tertiary/aromatic N) is 2. The molecule has 0 fully saturated rings. The van der Waals surface area contributed by atoms with Gasteiger partial charge < -0.3 is 19.5 Å². The molecule has 0 saturated heterocycles. The molecule has 2 aromatic heterocycles. The fourth-order valence-electron chi connectivity index (χ4n) is 3.55. The lowest BCUT2D eigenvalue weighted by Gasteiger charge is -2.27. The lowest BCUT2D eigenvalue weighted by molar-refractivity contribution is -0.137. The third-order valence-electron chi connectivity index (χ3n) is 5.70. The summed E-state index contributed by atoms with van der Waals surface area (Å²) in [6, 6.07) is 4.21. The molecular weight excluding hydrogens is 541 g/mol. The first-order chi connectivity index (χ1) is 17.6. The second-order valence-electron chi connectivity index (χ2n) is 9.52. The van der Waals surface area contributed by atoms with Crippen molar-refractivity contribution in [1.82, 2.24) is 10.3 Å². The highest BCUT2D eigenvalue weighted by molar-refractivity contribution is 6.30. The van der Waals surface area contributed by atoms with Gasteiger partial charge in [0.05, 0.1) is 16.9 Å². The minimum absolute atomic E-state index is 0.0767. The molecule has 2 N–H and O–H groups in total. The highest BCUT2D eigenvalue weighted by Crippen LogP contribution is 2.46. The third kappa shape index (κ3) is 6.32. The number of carboxylic acids is 1. The van der Waals surface area contributed by atoms with Crippen molar-refractivity contribution < 1.29 is 45.7 Å². The smallest absolute Gasteiger partial charge is 0.312 e. The van der Waals surface area contributed by atoms with Gasteiger partial charge in [-0.05, 0) is 24.6 Å². The topological polar surface area (TPSA) is 118 Å². The first kappa shape index (κ1) is 29.1. The van der Waals surface area contributed by atoms with E-state index in [1.165, 1.54) is 32.9 Å². The van der Waals surface area contributed by atoms with E-state index in [-0.39, 0.29) is 17.1 Å². The molecule has 1 amide bonds. The van der Waals surface area contributed by atoms with Gasteiger partial charge in [0, 0.05) is 35.3 Å². The molecule has 8 nitrogen and oxygen atoms in total. The molecule has 3 aromatic rings. The molecule has 0 radical (unpaired) electrons. The molecule has 1 atom stereocenters. The Morgan fingerprint density at radius 2 is 1.82 bits per heavy atom. The Kier molecular flexibility index (Phi) is 8.49. The van der Waals surface area contributed by atoms with Crippen LogP contribution in [-0.4, -0.2) is 27.3 Å². The largest absolute Gasteiger partial charge is 0.481 e. The van der Waals surface area contributed by atoms with Gasteiger partial charge in [0.1, 0.15) is 5.82 Å². The van der Waals surface area contributed by atoms with Crippen LogP contribution in [0.3, 0.4) is 0 Å². The molecule has 38 heavy (non-hydrogen) atoms. The highest BCUT2D eigenvalue weighted by atomic mass is 35.5. The number of benzene rings is 1. The maximum Gasteiger partial charge on any atom is 0.312 e. The Balaban J connectivity index is 1.96. The maximum atomic E-state index is 14.7. The van der Waals surface area contributed by atoms with E-state index in [1.807, 2.05) is 0 Å². The van der Waals surface area contributed by atoms with E-state index in [9.17, 15) is 31.5 Å². The van der Waals surface area contributed by atoms with Crippen LogP contribution in [-0.2, 0) is 15.5 Å². The van der Waals surface area contributed by atoms with Crippen LogP contribution in [0, 0.1) is 11.2 Å².